The summed E-state index contributed by atoms with van der Waals surface area (Å²) >= 11 is 0. The highest BCUT2D eigenvalue weighted by Crippen LogP contribution is 2.49. The zero-order chi connectivity index (χ0) is 13.5. The lowest BCUT2D eigenvalue weighted by molar-refractivity contribution is 0.493. The number of hydrogen-bond donors (Lipinski definition) is 1. The first-order valence-electron chi connectivity index (χ1n) is 6.80. The lowest BCUT2D eigenvalue weighted by atomic mass is 10.00. The van der Waals surface area contributed by atoms with Gasteiger partial charge in [-0.1, -0.05) is 19.1 Å². The van der Waals surface area contributed by atoms with E-state index in [-0.39, 0.29) is 0 Å². The van der Waals surface area contributed by atoms with Crippen molar-refractivity contribution in [3.8, 4) is 11.4 Å². The molecule has 1 saturated carbocycles. The third-order valence-electron chi connectivity index (χ3n) is 4.34. The van der Waals surface area contributed by atoms with E-state index in [0.717, 1.165) is 17.1 Å². The molecule has 1 aliphatic rings. The van der Waals surface area contributed by atoms with Crippen molar-refractivity contribution >= 4 is 5.69 Å². The van der Waals surface area contributed by atoms with Crippen LogP contribution in [0.5, 0.6) is 0 Å². The minimum absolute atomic E-state index is 0.451. The van der Waals surface area contributed by atoms with Crippen molar-refractivity contribution in [2.24, 2.45) is 12.5 Å². The largest absolute Gasteiger partial charge is 0.381 e. The Hall–Kier alpha value is -1.84. The number of hydrogen-bond acceptors (Lipinski definition) is 3. The van der Waals surface area contributed by atoms with Crippen LogP contribution in [0.25, 0.3) is 11.4 Å². The predicted octanol–water partition coefficient (Wildman–Crippen LogP) is 3.08. The molecule has 3 rings (SSSR count). The number of benzene rings is 1. The van der Waals surface area contributed by atoms with Crippen LogP contribution in [0, 0.1) is 5.41 Å². The van der Waals surface area contributed by atoms with E-state index in [1.165, 1.54) is 12.8 Å². The van der Waals surface area contributed by atoms with Gasteiger partial charge in [0.2, 0.25) is 0 Å². The Morgan fingerprint density at radius 3 is 2.68 bits per heavy atom. The molecule has 4 nitrogen and oxygen atoms in total. The Balaban J connectivity index is 1.92. The molecule has 0 aliphatic heterocycles. The van der Waals surface area contributed by atoms with Crippen LogP contribution in [0.3, 0.4) is 0 Å². The van der Waals surface area contributed by atoms with E-state index in [1.54, 1.807) is 6.33 Å². The van der Waals surface area contributed by atoms with Crippen molar-refractivity contribution < 1.29 is 0 Å². The summed E-state index contributed by atoms with van der Waals surface area (Å²) in [5.74, 6) is 0.899. The zero-order valence-electron chi connectivity index (χ0n) is 11.7. The van der Waals surface area contributed by atoms with Crippen LogP contribution in [-0.4, -0.2) is 20.8 Å². The van der Waals surface area contributed by atoms with E-state index in [9.17, 15) is 0 Å². The van der Waals surface area contributed by atoms with Gasteiger partial charge in [-0.3, -0.25) is 0 Å². The highest BCUT2D eigenvalue weighted by atomic mass is 15.2. The van der Waals surface area contributed by atoms with Crippen molar-refractivity contribution in [1.82, 2.24) is 14.8 Å². The van der Waals surface area contributed by atoms with E-state index in [2.05, 4.69) is 47.6 Å². The van der Waals surface area contributed by atoms with Gasteiger partial charge in [0, 0.05) is 24.3 Å². The fourth-order valence-electron chi connectivity index (χ4n) is 2.37. The van der Waals surface area contributed by atoms with Gasteiger partial charge in [-0.05, 0) is 37.3 Å². The van der Waals surface area contributed by atoms with Gasteiger partial charge in [-0.15, -0.1) is 10.2 Å². The number of rotatable bonds is 4. The van der Waals surface area contributed by atoms with Gasteiger partial charge in [0.1, 0.15) is 6.33 Å². The van der Waals surface area contributed by atoms with Gasteiger partial charge in [0.25, 0.3) is 0 Å². The number of aryl methyl sites for hydroxylation is 1. The Morgan fingerprint density at radius 1 is 1.32 bits per heavy atom. The fourth-order valence-corrected chi connectivity index (χ4v) is 2.37. The first kappa shape index (κ1) is 12.2. The molecule has 2 aromatic rings. The number of nitrogens with one attached hydrogen (secondary N) is 1. The highest BCUT2D eigenvalue weighted by molar-refractivity contribution is 5.73. The molecule has 100 valence electrons. The minimum Gasteiger partial charge on any atom is -0.381 e. The van der Waals surface area contributed by atoms with E-state index in [1.807, 2.05) is 17.7 Å². The van der Waals surface area contributed by atoms with Gasteiger partial charge in [0.15, 0.2) is 5.82 Å². The van der Waals surface area contributed by atoms with Crippen LogP contribution in [-0.2, 0) is 7.05 Å². The Morgan fingerprint density at radius 2 is 2.05 bits per heavy atom. The molecule has 1 aliphatic carbocycles. The molecular weight excluding hydrogens is 236 g/mol. The molecule has 1 atom stereocenters. The molecule has 1 aromatic heterocycles. The smallest absolute Gasteiger partial charge is 0.165 e. The fraction of sp³-hybridized carbons (Fsp3) is 0.467. The second-order valence-electron chi connectivity index (χ2n) is 5.83. The van der Waals surface area contributed by atoms with Crippen molar-refractivity contribution in [3.63, 3.8) is 0 Å². The molecular formula is C15H20N4. The average Bonchev–Trinajstić information content (AvgIpc) is 3.01. The molecule has 1 heterocycles. The molecule has 19 heavy (non-hydrogen) atoms. The molecule has 1 N–H and O–H groups in total. The summed E-state index contributed by atoms with van der Waals surface area (Å²) in [4.78, 5) is 0. The van der Waals surface area contributed by atoms with E-state index < -0.39 is 0 Å². The molecule has 0 radical (unpaired) electrons. The van der Waals surface area contributed by atoms with Crippen LogP contribution >= 0.6 is 0 Å². The Kier molecular flexibility index (Phi) is 2.81. The standard InChI is InChI=1S/C15H20N4/c1-11(15(2)8-9-15)17-13-7-5-4-6-12(13)14-18-16-10-19(14)3/h4-7,10-11,17H,8-9H2,1-3H3. The van der Waals surface area contributed by atoms with Crippen molar-refractivity contribution in [2.75, 3.05) is 5.32 Å². The summed E-state index contributed by atoms with van der Waals surface area (Å²) in [6.07, 6.45) is 4.36. The second kappa shape index (κ2) is 4.37. The van der Waals surface area contributed by atoms with Crippen LogP contribution in [0.4, 0.5) is 5.69 Å². The maximum absolute atomic E-state index is 4.20. The zero-order valence-corrected chi connectivity index (χ0v) is 11.7. The predicted molar refractivity (Wildman–Crippen MR) is 76.9 cm³/mol. The number of para-hydroxylation sites is 1. The quantitative estimate of drug-likeness (QED) is 0.914. The molecule has 4 heteroatoms. The van der Waals surface area contributed by atoms with E-state index in [4.69, 9.17) is 0 Å². The molecule has 0 amide bonds. The molecule has 0 saturated heterocycles. The first-order chi connectivity index (χ1) is 9.10. The lowest BCUT2D eigenvalue weighted by Gasteiger charge is -2.23. The van der Waals surface area contributed by atoms with Crippen LogP contribution in [0.1, 0.15) is 26.7 Å². The third kappa shape index (κ3) is 2.23. The van der Waals surface area contributed by atoms with Gasteiger partial charge in [0.05, 0.1) is 0 Å². The van der Waals surface area contributed by atoms with Gasteiger partial charge < -0.3 is 9.88 Å². The molecule has 0 bridgehead atoms. The number of nitrogens with zero attached hydrogens (tertiary/aromatic N) is 3. The van der Waals surface area contributed by atoms with E-state index >= 15 is 0 Å². The summed E-state index contributed by atoms with van der Waals surface area (Å²) in [6, 6.07) is 8.78. The summed E-state index contributed by atoms with van der Waals surface area (Å²) in [7, 11) is 1.97. The lowest BCUT2D eigenvalue weighted by Crippen LogP contribution is -2.25. The van der Waals surface area contributed by atoms with Crippen LogP contribution < -0.4 is 5.32 Å². The van der Waals surface area contributed by atoms with E-state index in [0.29, 0.717) is 11.5 Å². The molecule has 0 spiro atoms. The minimum atomic E-state index is 0.451. The summed E-state index contributed by atoms with van der Waals surface area (Å²) in [5, 5.41) is 11.8. The molecule has 1 aromatic carbocycles. The van der Waals surface area contributed by atoms with Crippen LogP contribution in [0.15, 0.2) is 30.6 Å². The van der Waals surface area contributed by atoms with Gasteiger partial charge in [-0.2, -0.15) is 0 Å². The maximum Gasteiger partial charge on any atom is 0.165 e. The molecule has 1 unspecified atom stereocenters. The average molecular weight is 256 g/mol. The summed E-state index contributed by atoms with van der Waals surface area (Å²) < 4.78 is 1.95. The number of aromatic nitrogens is 3. The van der Waals surface area contributed by atoms with Crippen molar-refractivity contribution in [2.45, 2.75) is 32.7 Å². The second-order valence-corrected chi connectivity index (χ2v) is 5.83. The maximum atomic E-state index is 4.20. The number of anilines is 1. The Labute approximate surface area is 113 Å². The third-order valence-corrected chi connectivity index (χ3v) is 4.34. The topological polar surface area (TPSA) is 42.7 Å². The monoisotopic (exact) mass is 256 g/mol. The molecule has 1 fully saturated rings. The Bertz CT molecular complexity index is 583. The summed E-state index contributed by atoms with van der Waals surface area (Å²) in [5.41, 5.74) is 2.70. The SMILES string of the molecule is CC(Nc1ccccc1-c1nncn1C)C1(C)CC1. The van der Waals surface area contributed by atoms with Crippen molar-refractivity contribution in [3.05, 3.63) is 30.6 Å². The first-order valence-corrected chi connectivity index (χ1v) is 6.80. The van der Waals surface area contributed by atoms with Gasteiger partial charge >= 0.3 is 0 Å². The highest BCUT2D eigenvalue weighted by Gasteiger charge is 2.42. The summed E-state index contributed by atoms with van der Waals surface area (Å²) in [6.45, 7) is 4.61. The normalized spacial score (nSPS) is 18.1. The van der Waals surface area contributed by atoms with Crippen molar-refractivity contribution in [1.29, 1.82) is 0 Å². The van der Waals surface area contributed by atoms with Gasteiger partial charge in [-0.25, -0.2) is 0 Å². The van der Waals surface area contributed by atoms with Crippen LogP contribution in [0.2, 0.25) is 0 Å².